The smallest absolute Gasteiger partial charge is 0.257 e. The number of aromatic amines is 1. The minimum Gasteiger partial charge on any atom is -0.378 e. The van der Waals surface area contributed by atoms with Crippen LogP contribution in [-0.2, 0) is 20.7 Å². The summed E-state index contributed by atoms with van der Waals surface area (Å²) >= 11 is 0. The Balaban J connectivity index is 1.32. The number of ether oxygens (including phenoxy) is 2. The lowest BCUT2D eigenvalue weighted by Gasteiger charge is -2.36. The van der Waals surface area contributed by atoms with Gasteiger partial charge in [-0.1, -0.05) is 24.3 Å². The molecule has 2 amide bonds. The van der Waals surface area contributed by atoms with Crippen molar-refractivity contribution in [2.75, 3.05) is 46.0 Å². The molecule has 3 aliphatic rings. The highest BCUT2D eigenvalue weighted by atomic mass is 16.5. The predicted molar refractivity (Wildman–Crippen MR) is 113 cm³/mol. The number of rotatable bonds is 3. The van der Waals surface area contributed by atoms with Crippen LogP contribution in [-0.4, -0.2) is 77.8 Å². The summed E-state index contributed by atoms with van der Waals surface area (Å²) in [6.45, 7) is 4.14. The normalized spacial score (nSPS) is 24.0. The van der Waals surface area contributed by atoms with Gasteiger partial charge in [0.2, 0.25) is 0 Å². The molecular weight excluding hydrogens is 396 g/mol. The molecule has 1 N–H and O–H groups in total. The number of hydrogen-bond acceptors (Lipinski definition) is 5. The fraction of sp³-hybridized carbons (Fsp3) is 0.522. The highest BCUT2D eigenvalue weighted by molar-refractivity contribution is 5.95. The molecule has 4 heterocycles. The van der Waals surface area contributed by atoms with Crippen molar-refractivity contribution < 1.29 is 19.1 Å². The monoisotopic (exact) mass is 424 g/mol. The van der Waals surface area contributed by atoms with E-state index in [2.05, 4.69) is 16.3 Å². The lowest BCUT2D eigenvalue weighted by atomic mass is 9.91. The quantitative estimate of drug-likeness (QED) is 0.813. The SMILES string of the molecule is O=C(c1cn[nH]c1[C@H]1CCCN(C(=O)[C@@H]2OCCc3ccccc32)C1)N1CCOCC1. The zero-order chi connectivity index (χ0) is 21.2. The number of likely N-dealkylation sites (tertiary alicyclic amines) is 1. The first-order chi connectivity index (χ1) is 15.2. The summed E-state index contributed by atoms with van der Waals surface area (Å²) < 4.78 is 11.3. The summed E-state index contributed by atoms with van der Waals surface area (Å²) in [6, 6.07) is 8.03. The van der Waals surface area contributed by atoms with E-state index in [4.69, 9.17) is 9.47 Å². The molecule has 5 rings (SSSR count). The Hall–Kier alpha value is -2.71. The number of nitrogens with zero attached hydrogens (tertiary/aromatic N) is 3. The molecule has 164 valence electrons. The summed E-state index contributed by atoms with van der Waals surface area (Å²) in [5, 5.41) is 7.22. The van der Waals surface area contributed by atoms with E-state index in [0.29, 0.717) is 51.6 Å². The summed E-state index contributed by atoms with van der Waals surface area (Å²) in [6.07, 6.45) is 3.71. The molecule has 0 unspecified atom stereocenters. The molecule has 0 saturated carbocycles. The van der Waals surface area contributed by atoms with E-state index in [1.807, 2.05) is 28.0 Å². The van der Waals surface area contributed by atoms with Crippen molar-refractivity contribution in [2.24, 2.45) is 0 Å². The third kappa shape index (κ3) is 3.97. The van der Waals surface area contributed by atoms with Crippen LogP contribution in [0, 0.1) is 0 Å². The molecule has 31 heavy (non-hydrogen) atoms. The van der Waals surface area contributed by atoms with E-state index in [1.54, 1.807) is 6.20 Å². The maximum absolute atomic E-state index is 13.4. The maximum Gasteiger partial charge on any atom is 0.257 e. The van der Waals surface area contributed by atoms with Crippen LogP contribution in [0.1, 0.15) is 52.0 Å². The van der Waals surface area contributed by atoms with Crippen LogP contribution in [0.3, 0.4) is 0 Å². The van der Waals surface area contributed by atoms with Crippen molar-refractivity contribution in [1.29, 1.82) is 0 Å². The van der Waals surface area contributed by atoms with Gasteiger partial charge in [0.1, 0.15) is 0 Å². The minimum absolute atomic E-state index is 0.0115. The van der Waals surface area contributed by atoms with Crippen LogP contribution >= 0.6 is 0 Å². The standard InChI is InChI=1S/C23H28N4O4/c28-22(26-9-12-30-13-10-26)19-14-24-25-20(19)17-5-3-8-27(15-17)23(29)21-18-6-2-1-4-16(18)7-11-31-21/h1-2,4,6,14,17,21H,3,5,7-13,15H2,(H,24,25)/t17-,21+/m0/s1. The van der Waals surface area contributed by atoms with Crippen LogP contribution < -0.4 is 0 Å². The third-order valence-electron chi connectivity index (χ3n) is 6.56. The van der Waals surface area contributed by atoms with Crippen molar-refractivity contribution in [3.8, 4) is 0 Å². The Morgan fingerprint density at radius 3 is 2.77 bits per heavy atom. The first-order valence-electron chi connectivity index (χ1n) is 11.1. The Morgan fingerprint density at radius 1 is 1.06 bits per heavy atom. The molecule has 0 bridgehead atoms. The third-order valence-corrected chi connectivity index (χ3v) is 6.56. The van der Waals surface area contributed by atoms with Crippen LogP contribution in [0.15, 0.2) is 30.5 Å². The molecule has 8 heteroatoms. The molecule has 0 radical (unpaired) electrons. The summed E-state index contributed by atoms with van der Waals surface area (Å²) in [5.41, 5.74) is 3.61. The van der Waals surface area contributed by atoms with E-state index >= 15 is 0 Å². The van der Waals surface area contributed by atoms with Crippen LogP contribution in [0.4, 0.5) is 0 Å². The number of H-pyrrole nitrogens is 1. The van der Waals surface area contributed by atoms with Gasteiger partial charge >= 0.3 is 0 Å². The van der Waals surface area contributed by atoms with Crippen LogP contribution in [0.5, 0.6) is 0 Å². The van der Waals surface area contributed by atoms with Crippen molar-refractivity contribution >= 4 is 11.8 Å². The van der Waals surface area contributed by atoms with Gasteiger partial charge in [0.15, 0.2) is 6.10 Å². The van der Waals surface area contributed by atoms with Crippen LogP contribution in [0.25, 0.3) is 0 Å². The zero-order valence-corrected chi connectivity index (χ0v) is 17.6. The zero-order valence-electron chi connectivity index (χ0n) is 17.6. The number of nitrogens with one attached hydrogen (secondary N) is 1. The van der Waals surface area contributed by atoms with Gasteiger partial charge in [-0.05, 0) is 30.4 Å². The second-order valence-electron chi connectivity index (χ2n) is 8.42. The molecule has 0 spiro atoms. The molecule has 3 aliphatic heterocycles. The molecular formula is C23H28N4O4. The molecule has 0 aliphatic carbocycles. The highest BCUT2D eigenvalue weighted by Gasteiger charge is 2.35. The minimum atomic E-state index is -0.542. The van der Waals surface area contributed by atoms with Gasteiger partial charge in [-0.3, -0.25) is 14.7 Å². The van der Waals surface area contributed by atoms with Crippen molar-refractivity contribution in [3.63, 3.8) is 0 Å². The Bertz CT molecular complexity index is 953. The molecule has 1 aromatic heterocycles. The van der Waals surface area contributed by atoms with E-state index in [-0.39, 0.29) is 17.7 Å². The second-order valence-corrected chi connectivity index (χ2v) is 8.42. The molecule has 2 saturated heterocycles. The van der Waals surface area contributed by atoms with Crippen LogP contribution in [0.2, 0.25) is 0 Å². The van der Waals surface area contributed by atoms with Gasteiger partial charge in [-0.25, -0.2) is 0 Å². The predicted octanol–water partition coefficient (Wildman–Crippen LogP) is 1.90. The summed E-state index contributed by atoms with van der Waals surface area (Å²) in [5.74, 6) is 0.0523. The molecule has 2 fully saturated rings. The fourth-order valence-corrected chi connectivity index (χ4v) is 4.89. The molecule has 8 nitrogen and oxygen atoms in total. The largest absolute Gasteiger partial charge is 0.378 e. The van der Waals surface area contributed by atoms with E-state index in [9.17, 15) is 9.59 Å². The number of benzene rings is 1. The Morgan fingerprint density at radius 2 is 1.90 bits per heavy atom. The highest BCUT2D eigenvalue weighted by Crippen LogP contribution is 2.33. The first-order valence-corrected chi connectivity index (χ1v) is 11.1. The lowest BCUT2D eigenvalue weighted by molar-refractivity contribution is -0.146. The summed E-state index contributed by atoms with van der Waals surface area (Å²) in [7, 11) is 0. The number of carbonyl (C=O) groups is 2. The second kappa shape index (κ2) is 8.80. The van der Waals surface area contributed by atoms with Crippen molar-refractivity contribution in [2.45, 2.75) is 31.3 Å². The van der Waals surface area contributed by atoms with Gasteiger partial charge in [0.05, 0.1) is 37.3 Å². The van der Waals surface area contributed by atoms with Gasteiger partial charge in [0, 0.05) is 32.1 Å². The number of amides is 2. The topological polar surface area (TPSA) is 87.8 Å². The fourth-order valence-electron chi connectivity index (χ4n) is 4.89. The number of fused-ring (bicyclic) bond motifs is 1. The summed E-state index contributed by atoms with van der Waals surface area (Å²) in [4.78, 5) is 30.1. The lowest BCUT2D eigenvalue weighted by Crippen LogP contribution is -2.44. The average Bonchev–Trinajstić information content (AvgIpc) is 3.33. The van der Waals surface area contributed by atoms with Gasteiger partial charge in [-0.2, -0.15) is 5.10 Å². The van der Waals surface area contributed by atoms with Gasteiger partial charge < -0.3 is 19.3 Å². The van der Waals surface area contributed by atoms with Gasteiger partial charge in [0.25, 0.3) is 11.8 Å². The van der Waals surface area contributed by atoms with Crippen molar-refractivity contribution in [3.05, 3.63) is 52.8 Å². The van der Waals surface area contributed by atoms with E-state index in [1.165, 1.54) is 5.56 Å². The number of piperidine rings is 1. The molecule has 2 aromatic rings. The Kier molecular flexibility index (Phi) is 5.74. The van der Waals surface area contributed by atoms with E-state index in [0.717, 1.165) is 30.5 Å². The number of hydrogen-bond donors (Lipinski definition) is 1. The van der Waals surface area contributed by atoms with Crippen molar-refractivity contribution in [1.82, 2.24) is 20.0 Å². The maximum atomic E-state index is 13.4. The Labute approximate surface area is 181 Å². The molecule has 1 aromatic carbocycles. The van der Waals surface area contributed by atoms with Gasteiger partial charge in [-0.15, -0.1) is 0 Å². The number of aromatic nitrogens is 2. The first kappa shape index (κ1) is 20.2. The number of carbonyl (C=O) groups excluding carboxylic acids is 2. The van der Waals surface area contributed by atoms with E-state index < -0.39 is 6.10 Å². The average molecular weight is 425 g/mol. The molecule has 2 atom stereocenters. The number of morpholine rings is 1.